The Bertz CT molecular complexity index is 1050. The lowest BCUT2D eigenvalue weighted by Gasteiger charge is -2.29. The minimum absolute atomic E-state index is 0.119. The van der Waals surface area contributed by atoms with Crippen LogP contribution < -0.4 is 10.1 Å². The van der Waals surface area contributed by atoms with Crippen molar-refractivity contribution in [3.05, 3.63) is 101 Å². The van der Waals surface area contributed by atoms with Crippen LogP contribution in [0.4, 0.5) is 4.39 Å². The Labute approximate surface area is 200 Å². The standard InChI is InChI=1S/C28H31FN2O3/c1-21(28(33)30-19-18-23-10-15-26(34-2)16-11-23)31(20-24-8-13-25(29)14-9-24)27(32)17-12-22-6-4-3-5-7-22/h3-11,13-16,21H,12,17-20H2,1-2H3,(H,30,33)/t21-/m0/s1. The molecule has 6 heteroatoms. The molecule has 0 aromatic heterocycles. The van der Waals surface area contributed by atoms with Gasteiger partial charge in [0.1, 0.15) is 17.6 Å². The molecule has 178 valence electrons. The van der Waals surface area contributed by atoms with Crippen molar-refractivity contribution in [3.8, 4) is 5.75 Å². The fraction of sp³-hybridized carbons (Fsp3) is 0.286. The summed E-state index contributed by atoms with van der Waals surface area (Å²) in [6.07, 6.45) is 1.54. The van der Waals surface area contributed by atoms with Crippen LogP contribution in [0.2, 0.25) is 0 Å². The molecule has 0 aliphatic rings. The van der Waals surface area contributed by atoms with E-state index in [1.54, 1.807) is 31.1 Å². The molecule has 0 spiro atoms. The predicted octanol–water partition coefficient (Wildman–Crippen LogP) is 4.54. The first kappa shape index (κ1) is 25.0. The van der Waals surface area contributed by atoms with E-state index in [1.165, 1.54) is 12.1 Å². The maximum absolute atomic E-state index is 13.3. The number of ether oxygens (including phenoxy) is 1. The van der Waals surface area contributed by atoms with Crippen molar-refractivity contribution in [2.24, 2.45) is 0 Å². The minimum atomic E-state index is -0.663. The predicted molar refractivity (Wildman–Crippen MR) is 131 cm³/mol. The summed E-state index contributed by atoms with van der Waals surface area (Å²) in [5.41, 5.74) is 2.91. The number of benzene rings is 3. The van der Waals surface area contributed by atoms with Gasteiger partial charge in [-0.1, -0.05) is 54.6 Å². The van der Waals surface area contributed by atoms with Crippen molar-refractivity contribution in [2.45, 2.75) is 38.8 Å². The SMILES string of the molecule is COc1ccc(CCNC(=O)[C@H](C)N(Cc2ccc(F)cc2)C(=O)CCc2ccccc2)cc1. The van der Waals surface area contributed by atoms with Crippen LogP contribution in [-0.2, 0) is 29.0 Å². The Morgan fingerprint density at radius 1 is 0.882 bits per heavy atom. The first-order valence-electron chi connectivity index (χ1n) is 11.4. The number of halogens is 1. The number of hydrogen-bond acceptors (Lipinski definition) is 3. The van der Waals surface area contributed by atoms with Gasteiger partial charge in [0.15, 0.2) is 0 Å². The number of carbonyl (C=O) groups excluding carboxylic acids is 2. The second kappa shape index (κ2) is 12.5. The highest BCUT2D eigenvalue weighted by molar-refractivity contribution is 5.87. The molecule has 0 bridgehead atoms. The van der Waals surface area contributed by atoms with Crippen molar-refractivity contribution < 1.29 is 18.7 Å². The largest absolute Gasteiger partial charge is 0.497 e. The van der Waals surface area contributed by atoms with Crippen molar-refractivity contribution in [2.75, 3.05) is 13.7 Å². The van der Waals surface area contributed by atoms with Crippen molar-refractivity contribution in [1.82, 2.24) is 10.2 Å². The highest BCUT2D eigenvalue weighted by atomic mass is 19.1. The van der Waals surface area contributed by atoms with Crippen LogP contribution in [0.15, 0.2) is 78.9 Å². The zero-order chi connectivity index (χ0) is 24.3. The van der Waals surface area contributed by atoms with Gasteiger partial charge in [-0.15, -0.1) is 0 Å². The van der Waals surface area contributed by atoms with E-state index in [1.807, 2.05) is 54.6 Å². The quantitative estimate of drug-likeness (QED) is 0.455. The van der Waals surface area contributed by atoms with Crippen LogP contribution in [0, 0.1) is 5.82 Å². The van der Waals surface area contributed by atoms with Gasteiger partial charge < -0.3 is 15.0 Å². The van der Waals surface area contributed by atoms with Gasteiger partial charge in [0.25, 0.3) is 0 Å². The molecule has 0 unspecified atom stereocenters. The van der Waals surface area contributed by atoms with Crippen LogP contribution in [0.1, 0.15) is 30.0 Å². The molecule has 0 radical (unpaired) electrons. The van der Waals surface area contributed by atoms with Crippen LogP contribution >= 0.6 is 0 Å². The number of methoxy groups -OCH3 is 1. The van der Waals surface area contributed by atoms with Crippen LogP contribution in [0.5, 0.6) is 5.75 Å². The summed E-state index contributed by atoms with van der Waals surface area (Å²) in [6.45, 7) is 2.42. The lowest BCUT2D eigenvalue weighted by molar-refractivity contribution is -0.140. The molecule has 2 amide bonds. The van der Waals surface area contributed by atoms with Crippen molar-refractivity contribution >= 4 is 11.8 Å². The molecule has 0 aliphatic heterocycles. The molecule has 1 N–H and O–H groups in total. The molecule has 1 atom stereocenters. The van der Waals surface area contributed by atoms with E-state index in [4.69, 9.17) is 4.74 Å². The number of nitrogens with zero attached hydrogens (tertiary/aromatic N) is 1. The number of carbonyl (C=O) groups is 2. The summed E-state index contributed by atoms with van der Waals surface area (Å²) in [5.74, 6) is 0.108. The molecule has 0 heterocycles. The molecule has 5 nitrogen and oxygen atoms in total. The molecule has 0 saturated heterocycles. The van der Waals surface area contributed by atoms with E-state index in [2.05, 4.69) is 5.32 Å². The molecule has 0 aliphatic carbocycles. The second-order valence-electron chi connectivity index (χ2n) is 8.20. The van der Waals surface area contributed by atoms with E-state index in [-0.39, 0.29) is 30.6 Å². The number of amides is 2. The Kier molecular flexibility index (Phi) is 9.21. The first-order chi connectivity index (χ1) is 16.5. The highest BCUT2D eigenvalue weighted by Crippen LogP contribution is 2.14. The lowest BCUT2D eigenvalue weighted by Crippen LogP contribution is -2.48. The molecular formula is C28H31FN2O3. The van der Waals surface area contributed by atoms with Crippen LogP contribution in [-0.4, -0.2) is 36.4 Å². The molecule has 3 aromatic carbocycles. The maximum Gasteiger partial charge on any atom is 0.242 e. The summed E-state index contributed by atoms with van der Waals surface area (Å²) in [6, 6.07) is 22.8. The number of hydrogen-bond donors (Lipinski definition) is 1. The third-order valence-electron chi connectivity index (χ3n) is 5.78. The van der Waals surface area contributed by atoms with Gasteiger partial charge in [0.2, 0.25) is 11.8 Å². The van der Waals surface area contributed by atoms with E-state index in [0.717, 1.165) is 22.4 Å². The van der Waals surface area contributed by atoms with E-state index in [9.17, 15) is 14.0 Å². The molecule has 3 rings (SSSR count). The van der Waals surface area contributed by atoms with Crippen LogP contribution in [0.25, 0.3) is 0 Å². The van der Waals surface area contributed by atoms with Gasteiger partial charge in [0.05, 0.1) is 7.11 Å². The van der Waals surface area contributed by atoms with E-state index in [0.29, 0.717) is 19.4 Å². The Morgan fingerprint density at radius 2 is 1.50 bits per heavy atom. The third-order valence-corrected chi connectivity index (χ3v) is 5.78. The zero-order valence-electron chi connectivity index (χ0n) is 19.7. The van der Waals surface area contributed by atoms with E-state index < -0.39 is 6.04 Å². The topological polar surface area (TPSA) is 58.6 Å². The number of rotatable bonds is 11. The fourth-order valence-corrected chi connectivity index (χ4v) is 3.68. The van der Waals surface area contributed by atoms with Crippen molar-refractivity contribution in [1.29, 1.82) is 0 Å². The summed E-state index contributed by atoms with van der Waals surface area (Å²) >= 11 is 0. The molecule has 3 aromatic rings. The van der Waals surface area contributed by atoms with Crippen LogP contribution in [0.3, 0.4) is 0 Å². The Balaban J connectivity index is 1.62. The van der Waals surface area contributed by atoms with E-state index >= 15 is 0 Å². The normalized spacial score (nSPS) is 11.5. The average Bonchev–Trinajstić information content (AvgIpc) is 2.87. The van der Waals surface area contributed by atoms with Gasteiger partial charge >= 0.3 is 0 Å². The number of nitrogens with one attached hydrogen (secondary N) is 1. The Morgan fingerprint density at radius 3 is 2.15 bits per heavy atom. The lowest BCUT2D eigenvalue weighted by atomic mass is 10.1. The molecule has 34 heavy (non-hydrogen) atoms. The summed E-state index contributed by atoms with van der Waals surface area (Å²) in [5, 5.41) is 2.94. The number of aryl methyl sites for hydroxylation is 1. The first-order valence-corrected chi connectivity index (χ1v) is 11.4. The maximum atomic E-state index is 13.3. The van der Waals surface area contributed by atoms with Gasteiger partial charge in [0, 0.05) is 19.5 Å². The average molecular weight is 463 g/mol. The highest BCUT2D eigenvalue weighted by Gasteiger charge is 2.25. The van der Waals surface area contributed by atoms with Gasteiger partial charge in [-0.2, -0.15) is 0 Å². The monoisotopic (exact) mass is 462 g/mol. The fourth-order valence-electron chi connectivity index (χ4n) is 3.68. The zero-order valence-corrected chi connectivity index (χ0v) is 19.7. The summed E-state index contributed by atoms with van der Waals surface area (Å²) in [4.78, 5) is 27.6. The van der Waals surface area contributed by atoms with Crippen molar-refractivity contribution in [3.63, 3.8) is 0 Å². The second-order valence-corrected chi connectivity index (χ2v) is 8.20. The van der Waals surface area contributed by atoms with Gasteiger partial charge in [-0.3, -0.25) is 9.59 Å². The molecule has 0 fully saturated rings. The smallest absolute Gasteiger partial charge is 0.242 e. The summed E-state index contributed by atoms with van der Waals surface area (Å²) in [7, 11) is 1.62. The molecule has 0 saturated carbocycles. The van der Waals surface area contributed by atoms with Gasteiger partial charge in [-0.25, -0.2) is 4.39 Å². The van der Waals surface area contributed by atoms with Gasteiger partial charge in [-0.05, 0) is 60.7 Å². The third kappa shape index (κ3) is 7.44. The Hall–Kier alpha value is -3.67. The summed E-state index contributed by atoms with van der Waals surface area (Å²) < 4.78 is 18.5. The molecular weight excluding hydrogens is 431 g/mol. The minimum Gasteiger partial charge on any atom is -0.497 e.